The molecule has 1 N–H and O–H groups in total. The number of nitrogens with zero attached hydrogens (tertiary/aromatic N) is 1. The fourth-order valence-electron chi connectivity index (χ4n) is 1.59. The summed E-state index contributed by atoms with van der Waals surface area (Å²) in [5.74, 6) is 0.143. The Kier molecular flexibility index (Phi) is 6.15. The van der Waals surface area contributed by atoms with Crippen molar-refractivity contribution in [2.45, 2.75) is 26.2 Å². The van der Waals surface area contributed by atoms with Crippen molar-refractivity contribution in [3.63, 3.8) is 0 Å². The van der Waals surface area contributed by atoms with Gasteiger partial charge in [0.25, 0.3) is 0 Å². The molecule has 0 unspecified atom stereocenters. The molecular formula is C14H22N2O. The highest BCUT2D eigenvalue weighted by Crippen LogP contribution is 2.04. The van der Waals surface area contributed by atoms with E-state index in [2.05, 4.69) is 12.2 Å². The molecule has 0 radical (unpaired) electrons. The molecule has 3 heteroatoms. The lowest BCUT2D eigenvalue weighted by molar-refractivity contribution is -0.128. The predicted octanol–water partition coefficient (Wildman–Crippen LogP) is 2.75. The second-order valence-electron chi connectivity index (χ2n) is 4.24. The van der Waals surface area contributed by atoms with Gasteiger partial charge in [-0.15, -0.1) is 0 Å². The van der Waals surface area contributed by atoms with E-state index < -0.39 is 0 Å². The smallest absolute Gasteiger partial charge is 0.241 e. The van der Waals surface area contributed by atoms with Crippen molar-refractivity contribution in [1.82, 2.24) is 4.90 Å². The van der Waals surface area contributed by atoms with Gasteiger partial charge in [0.05, 0.1) is 6.54 Å². The first kappa shape index (κ1) is 13.6. The van der Waals surface area contributed by atoms with Crippen LogP contribution in [0.25, 0.3) is 0 Å². The maximum Gasteiger partial charge on any atom is 0.241 e. The number of likely N-dealkylation sites (N-methyl/N-ethyl adjacent to an activating group) is 1. The van der Waals surface area contributed by atoms with Gasteiger partial charge in [-0.05, 0) is 18.6 Å². The molecule has 0 atom stereocenters. The predicted molar refractivity (Wildman–Crippen MR) is 72.1 cm³/mol. The number of anilines is 1. The second-order valence-corrected chi connectivity index (χ2v) is 4.24. The van der Waals surface area contributed by atoms with Gasteiger partial charge >= 0.3 is 0 Å². The maximum absolute atomic E-state index is 11.8. The number of para-hydroxylation sites is 1. The van der Waals surface area contributed by atoms with Gasteiger partial charge in [0.15, 0.2) is 0 Å². The molecule has 1 rings (SSSR count). The number of unbranched alkanes of at least 4 members (excludes halogenated alkanes) is 2. The number of nitrogens with one attached hydrogen (secondary N) is 1. The van der Waals surface area contributed by atoms with Crippen LogP contribution in [0, 0.1) is 0 Å². The monoisotopic (exact) mass is 234 g/mol. The van der Waals surface area contributed by atoms with Crippen LogP contribution in [0.3, 0.4) is 0 Å². The molecular weight excluding hydrogens is 212 g/mol. The maximum atomic E-state index is 11.8. The molecule has 0 saturated carbocycles. The molecule has 1 aromatic carbocycles. The highest BCUT2D eigenvalue weighted by atomic mass is 16.2. The van der Waals surface area contributed by atoms with E-state index in [0.717, 1.165) is 18.7 Å². The van der Waals surface area contributed by atoms with Crippen LogP contribution in [-0.2, 0) is 4.79 Å². The highest BCUT2D eigenvalue weighted by molar-refractivity contribution is 5.80. The molecule has 0 aliphatic carbocycles. The van der Waals surface area contributed by atoms with Crippen LogP contribution in [0.1, 0.15) is 26.2 Å². The van der Waals surface area contributed by atoms with Gasteiger partial charge in [0.2, 0.25) is 5.91 Å². The van der Waals surface area contributed by atoms with Crippen LogP contribution in [0.15, 0.2) is 30.3 Å². The number of benzene rings is 1. The normalized spacial score (nSPS) is 10.0. The molecule has 0 aliphatic heterocycles. The molecule has 1 amide bonds. The lowest BCUT2D eigenvalue weighted by atomic mass is 10.2. The van der Waals surface area contributed by atoms with Crippen molar-refractivity contribution in [2.75, 3.05) is 25.5 Å². The molecule has 17 heavy (non-hydrogen) atoms. The van der Waals surface area contributed by atoms with Crippen molar-refractivity contribution in [3.05, 3.63) is 30.3 Å². The van der Waals surface area contributed by atoms with Crippen LogP contribution in [0.2, 0.25) is 0 Å². The third-order valence-electron chi connectivity index (χ3n) is 2.74. The molecule has 0 fully saturated rings. The Hall–Kier alpha value is -1.51. The Morgan fingerprint density at radius 2 is 1.94 bits per heavy atom. The molecule has 0 heterocycles. The van der Waals surface area contributed by atoms with E-state index in [-0.39, 0.29) is 5.91 Å². The summed E-state index contributed by atoms with van der Waals surface area (Å²) in [7, 11) is 1.87. The van der Waals surface area contributed by atoms with Crippen LogP contribution in [-0.4, -0.2) is 30.9 Å². The van der Waals surface area contributed by atoms with Gasteiger partial charge in [-0.25, -0.2) is 0 Å². The standard InChI is InChI=1S/C14H22N2O/c1-3-4-8-11-16(2)14(17)12-15-13-9-6-5-7-10-13/h5-7,9-10,15H,3-4,8,11-12H2,1-2H3. The zero-order valence-corrected chi connectivity index (χ0v) is 10.8. The first-order valence-electron chi connectivity index (χ1n) is 6.27. The van der Waals surface area contributed by atoms with Crippen molar-refractivity contribution in [3.8, 4) is 0 Å². The average molecular weight is 234 g/mol. The molecule has 0 spiro atoms. The summed E-state index contributed by atoms with van der Waals surface area (Å²) in [6, 6.07) is 9.80. The average Bonchev–Trinajstić information content (AvgIpc) is 2.37. The van der Waals surface area contributed by atoms with Gasteiger partial charge in [-0.3, -0.25) is 4.79 Å². The van der Waals surface area contributed by atoms with E-state index in [1.807, 2.05) is 37.4 Å². The van der Waals surface area contributed by atoms with Gasteiger partial charge < -0.3 is 10.2 Å². The summed E-state index contributed by atoms with van der Waals surface area (Å²) in [5.41, 5.74) is 0.989. The molecule has 0 aliphatic rings. The quantitative estimate of drug-likeness (QED) is 0.736. The van der Waals surface area contributed by atoms with Gasteiger partial charge in [0, 0.05) is 19.3 Å². The highest BCUT2D eigenvalue weighted by Gasteiger charge is 2.07. The van der Waals surface area contributed by atoms with Crippen LogP contribution in [0.5, 0.6) is 0 Å². The summed E-state index contributed by atoms with van der Waals surface area (Å²) >= 11 is 0. The van der Waals surface area contributed by atoms with Crippen molar-refractivity contribution in [2.24, 2.45) is 0 Å². The summed E-state index contributed by atoms with van der Waals surface area (Å²) in [4.78, 5) is 13.6. The number of carbonyl (C=O) groups excluding carboxylic acids is 1. The Labute approximate surface area is 104 Å². The summed E-state index contributed by atoms with van der Waals surface area (Å²) in [6.45, 7) is 3.38. The van der Waals surface area contributed by atoms with Gasteiger partial charge in [-0.2, -0.15) is 0 Å². The first-order chi connectivity index (χ1) is 8.24. The van der Waals surface area contributed by atoms with Gasteiger partial charge in [-0.1, -0.05) is 38.0 Å². The minimum atomic E-state index is 0.143. The van der Waals surface area contributed by atoms with Gasteiger partial charge in [0.1, 0.15) is 0 Å². The fourth-order valence-corrected chi connectivity index (χ4v) is 1.59. The van der Waals surface area contributed by atoms with Crippen molar-refractivity contribution in [1.29, 1.82) is 0 Å². The van der Waals surface area contributed by atoms with Crippen molar-refractivity contribution >= 4 is 11.6 Å². The lowest BCUT2D eigenvalue weighted by Crippen LogP contribution is -2.32. The zero-order chi connectivity index (χ0) is 12.5. The van der Waals surface area contributed by atoms with E-state index >= 15 is 0 Å². The number of carbonyl (C=O) groups is 1. The Morgan fingerprint density at radius 3 is 2.59 bits per heavy atom. The number of hydrogen-bond donors (Lipinski definition) is 1. The molecule has 0 saturated heterocycles. The van der Waals surface area contributed by atoms with Crippen LogP contribution in [0.4, 0.5) is 5.69 Å². The zero-order valence-electron chi connectivity index (χ0n) is 10.8. The van der Waals surface area contributed by atoms with Crippen LogP contribution >= 0.6 is 0 Å². The largest absolute Gasteiger partial charge is 0.376 e. The molecule has 0 bridgehead atoms. The van der Waals surface area contributed by atoms with E-state index in [1.165, 1.54) is 12.8 Å². The van der Waals surface area contributed by atoms with E-state index in [4.69, 9.17) is 0 Å². The molecule has 94 valence electrons. The third kappa shape index (κ3) is 5.38. The molecule has 3 nitrogen and oxygen atoms in total. The second kappa shape index (κ2) is 7.71. The fraction of sp³-hybridized carbons (Fsp3) is 0.500. The summed E-state index contributed by atoms with van der Waals surface area (Å²) in [5, 5.41) is 3.12. The summed E-state index contributed by atoms with van der Waals surface area (Å²) in [6.07, 6.45) is 3.46. The summed E-state index contributed by atoms with van der Waals surface area (Å²) < 4.78 is 0. The Morgan fingerprint density at radius 1 is 1.24 bits per heavy atom. The lowest BCUT2D eigenvalue weighted by Gasteiger charge is -2.17. The van der Waals surface area contributed by atoms with E-state index in [0.29, 0.717) is 6.54 Å². The molecule has 0 aromatic heterocycles. The number of amides is 1. The minimum absolute atomic E-state index is 0.143. The minimum Gasteiger partial charge on any atom is -0.376 e. The SMILES string of the molecule is CCCCCN(C)C(=O)CNc1ccccc1. The topological polar surface area (TPSA) is 32.3 Å². The Balaban J connectivity index is 2.24. The van der Waals surface area contributed by atoms with Crippen molar-refractivity contribution < 1.29 is 4.79 Å². The Bertz CT molecular complexity index is 324. The first-order valence-corrected chi connectivity index (χ1v) is 6.27. The molecule has 1 aromatic rings. The number of hydrogen-bond acceptors (Lipinski definition) is 2. The number of rotatable bonds is 7. The van der Waals surface area contributed by atoms with Crippen LogP contribution < -0.4 is 5.32 Å². The van der Waals surface area contributed by atoms with E-state index in [1.54, 1.807) is 4.90 Å². The third-order valence-corrected chi connectivity index (χ3v) is 2.74. The van der Waals surface area contributed by atoms with E-state index in [9.17, 15) is 4.79 Å².